The van der Waals surface area contributed by atoms with E-state index in [9.17, 15) is 19.2 Å². The molecule has 0 bridgehead atoms. The van der Waals surface area contributed by atoms with Crippen LogP contribution in [0.1, 0.15) is 67.2 Å². The van der Waals surface area contributed by atoms with Crippen LogP contribution < -0.4 is 16.4 Å². The molecule has 0 aromatic heterocycles. The number of hydrogen-bond donors (Lipinski definition) is 4. The Bertz CT molecular complexity index is 708. The Morgan fingerprint density at radius 3 is 1.41 bits per heavy atom. The molecule has 0 aromatic carbocycles. The van der Waals surface area contributed by atoms with E-state index >= 15 is 0 Å². The van der Waals surface area contributed by atoms with Gasteiger partial charge in [-0.1, -0.05) is 0 Å². The number of alkyl carbamates (subject to hydrolysis) is 2. The van der Waals surface area contributed by atoms with Crippen molar-refractivity contribution in [3.8, 4) is 0 Å². The summed E-state index contributed by atoms with van der Waals surface area (Å²) in [6, 6.07) is 0. The lowest BCUT2D eigenvalue weighted by Crippen LogP contribution is -2.34. The molecule has 0 aliphatic carbocycles. The van der Waals surface area contributed by atoms with Gasteiger partial charge in [-0.15, -0.1) is 0 Å². The van der Waals surface area contributed by atoms with E-state index in [-0.39, 0.29) is 18.6 Å². The zero-order valence-electron chi connectivity index (χ0n) is 25.7. The summed E-state index contributed by atoms with van der Waals surface area (Å²) >= 11 is 0. The fourth-order valence-corrected chi connectivity index (χ4v) is 2.55. The molecule has 0 aliphatic heterocycles. The van der Waals surface area contributed by atoms with E-state index in [2.05, 4.69) is 10.6 Å². The lowest BCUT2D eigenvalue weighted by atomic mass is 10.1. The molecule has 0 atom stereocenters. The zero-order chi connectivity index (χ0) is 31.6. The average Bonchev–Trinajstić information content (AvgIpc) is 2.83. The van der Waals surface area contributed by atoms with Crippen LogP contribution in [0.5, 0.6) is 0 Å². The Balaban J connectivity index is 0. The van der Waals surface area contributed by atoms with Gasteiger partial charge in [-0.2, -0.15) is 0 Å². The Labute approximate surface area is 244 Å². The van der Waals surface area contributed by atoms with Crippen molar-refractivity contribution in [1.29, 1.82) is 0 Å². The van der Waals surface area contributed by atoms with Gasteiger partial charge in [-0.3, -0.25) is 9.59 Å². The number of hydrogen-bond acceptors (Lipinski definition) is 11. The van der Waals surface area contributed by atoms with Crippen molar-refractivity contribution in [2.45, 2.75) is 78.4 Å². The first-order valence-corrected chi connectivity index (χ1v) is 13.8. The number of carboxylic acids is 1. The van der Waals surface area contributed by atoms with Gasteiger partial charge in [-0.25, -0.2) is 9.59 Å². The molecule has 2 amide bonds. The van der Waals surface area contributed by atoms with E-state index in [4.69, 9.17) is 39.3 Å². The molecule has 0 radical (unpaired) electrons. The second kappa shape index (κ2) is 25.2. The Morgan fingerprint density at radius 1 is 0.610 bits per heavy atom. The Kier molecular flexibility index (Phi) is 25.0. The predicted octanol–water partition coefficient (Wildman–Crippen LogP) is 2.26. The van der Waals surface area contributed by atoms with Crippen LogP contribution in [0.2, 0.25) is 0 Å². The first kappa shape index (κ1) is 40.6. The minimum atomic E-state index is -0.960. The smallest absolute Gasteiger partial charge is 0.407 e. The summed E-state index contributed by atoms with van der Waals surface area (Å²) in [7, 11) is 0. The molecule has 41 heavy (non-hydrogen) atoms. The van der Waals surface area contributed by atoms with Gasteiger partial charge >= 0.3 is 18.2 Å². The highest BCUT2D eigenvalue weighted by Crippen LogP contribution is 2.06. The van der Waals surface area contributed by atoms with Crippen molar-refractivity contribution < 1.29 is 52.7 Å². The van der Waals surface area contributed by atoms with E-state index in [0.717, 1.165) is 0 Å². The standard InChI is InChI=1S/C16H29NO7.C11H24N2O4/c1-16(2,3)24-15(21)17-8-10-23-12-11-22-9-4-5-13(18)6-7-14(19)20;1-11(2,3)17-10(14)13-5-7-16-9-8-15-6-4-12/h4-12H2,1-3H3,(H,17,21)(H,19,20);4-9,12H2,1-3H3,(H,13,14). The quantitative estimate of drug-likeness (QED) is 0.142. The van der Waals surface area contributed by atoms with Gasteiger partial charge in [0.1, 0.15) is 17.0 Å². The first-order chi connectivity index (χ1) is 19.2. The molecule has 14 heteroatoms. The maximum absolute atomic E-state index is 11.3. The largest absolute Gasteiger partial charge is 0.481 e. The normalized spacial score (nSPS) is 11.2. The molecule has 0 aliphatic rings. The van der Waals surface area contributed by atoms with E-state index < -0.39 is 29.4 Å². The lowest BCUT2D eigenvalue weighted by Gasteiger charge is -2.19. The summed E-state index contributed by atoms with van der Waals surface area (Å²) in [6.45, 7) is 15.7. The maximum Gasteiger partial charge on any atom is 0.407 e. The van der Waals surface area contributed by atoms with Crippen molar-refractivity contribution in [1.82, 2.24) is 10.6 Å². The number of Topliss-reactive ketones (excluding diaryl/α,β-unsaturated/α-hetero) is 1. The van der Waals surface area contributed by atoms with Crippen LogP contribution in [0.25, 0.3) is 0 Å². The van der Waals surface area contributed by atoms with Crippen molar-refractivity contribution in [3.63, 3.8) is 0 Å². The van der Waals surface area contributed by atoms with Crippen LogP contribution in [-0.4, -0.2) is 113 Å². The molecule has 0 spiro atoms. The van der Waals surface area contributed by atoms with Gasteiger partial charge in [0.15, 0.2) is 0 Å². The number of ether oxygens (including phenoxy) is 6. The molecule has 0 unspecified atom stereocenters. The van der Waals surface area contributed by atoms with E-state index in [1.165, 1.54) is 0 Å². The molecule has 14 nitrogen and oxygen atoms in total. The lowest BCUT2D eigenvalue weighted by molar-refractivity contribution is -0.138. The number of aliphatic carboxylic acids is 1. The number of carbonyl (C=O) groups excluding carboxylic acids is 3. The molecular formula is C27H53N3O11. The Hall–Kier alpha value is -2.52. The van der Waals surface area contributed by atoms with Crippen molar-refractivity contribution in [2.75, 3.05) is 72.5 Å². The van der Waals surface area contributed by atoms with Crippen LogP contribution >= 0.6 is 0 Å². The highest BCUT2D eigenvalue weighted by atomic mass is 16.6. The first-order valence-electron chi connectivity index (χ1n) is 13.8. The van der Waals surface area contributed by atoms with Gasteiger partial charge in [0.25, 0.3) is 0 Å². The fourth-order valence-electron chi connectivity index (χ4n) is 2.55. The molecule has 242 valence electrons. The molecule has 0 rings (SSSR count). The Morgan fingerprint density at radius 2 is 1.02 bits per heavy atom. The highest BCUT2D eigenvalue weighted by molar-refractivity contribution is 5.82. The number of amides is 2. The number of ketones is 1. The number of nitrogens with one attached hydrogen (secondary N) is 2. The molecule has 5 N–H and O–H groups in total. The van der Waals surface area contributed by atoms with Crippen LogP contribution in [-0.2, 0) is 38.0 Å². The van der Waals surface area contributed by atoms with Crippen LogP contribution in [0.4, 0.5) is 9.59 Å². The van der Waals surface area contributed by atoms with Crippen molar-refractivity contribution >= 4 is 23.9 Å². The van der Waals surface area contributed by atoms with Crippen LogP contribution in [0, 0.1) is 0 Å². The minimum Gasteiger partial charge on any atom is -0.481 e. The molecule has 0 heterocycles. The third kappa shape index (κ3) is 37.5. The van der Waals surface area contributed by atoms with E-state index in [1.54, 1.807) is 20.8 Å². The summed E-state index contributed by atoms with van der Waals surface area (Å²) in [5, 5.41) is 13.6. The van der Waals surface area contributed by atoms with Gasteiger partial charge in [0.05, 0.1) is 52.7 Å². The number of rotatable bonds is 21. The highest BCUT2D eigenvalue weighted by Gasteiger charge is 2.16. The topological polar surface area (TPSA) is 194 Å². The summed E-state index contributed by atoms with van der Waals surface area (Å²) in [5.74, 6) is -1.02. The van der Waals surface area contributed by atoms with Crippen molar-refractivity contribution in [3.05, 3.63) is 0 Å². The third-order valence-electron chi connectivity index (χ3n) is 4.20. The van der Waals surface area contributed by atoms with E-state index in [0.29, 0.717) is 85.3 Å². The number of carbonyl (C=O) groups is 4. The van der Waals surface area contributed by atoms with Gasteiger partial charge < -0.3 is 49.9 Å². The SMILES string of the molecule is CC(C)(C)OC(=O)NCCOCCOCCCC(=O)CCC(=O)O.CC(C)(C)OC(=O)NCCOCCOCCN. The third-order valence-corrected chi connectivity index (χ3v) is 4.20. The summed E-state index contributed by atoms with van der Waals surface area (Å²) < 4.78 is 31.0. The minimum absolute atomic E-state index is 0.0644. The zero-order valence-corrected chi connectivity index (χ0v) is 25.7. The molecule has 0 fully saturated rings. The van der Waals surface area contributed by atoms with E-state index in [1.807, 2.05) is 20.8 Å². The summed E-state index contributed by atoms with van der Waals surface area (Å²) in [6.07, 6.45) is -0.0593. The summed E-state index contributed by atoms with van der Waals surface area (Å²) in [4.78, 5) is 44.1. The summed E-state index contributed by atoms with van der Waals surface area (Å²) in [5.41, 5.74) is 4.26. The fraction of sp³-hybridized carbons (Fsp3) is 0.852. The second-order valence-electron chi connectivity index (χ2n) is 10.6. The van der Waals surface area contributed by atoms with Crippen molar-refractivity contribution in [2.24, 2.45) is 5.73 Å². The van der Waals surface area contributed by atoms with Gasteiger partial charge in [0.2, 0.25) is 0 Å². The van der Waals surface area contributed by atoms with Crippen LogP contribution in [0.15, 0.2) is 0 Å². The van der Waals surface area contributed by atoms with Gasteiger partial charge in [-0.05, 0) is 48.0 Å². The average molecular weight is 596 g/mol. The number of carboxylic acid groups (broad SMARTS) is 1. The monoisotopic (exact) mass is 595 g/mol. The predicted molar refractivity (Wildman–Crippen MR) is 152 cm³/mol. The molecule has 0 saturated carbocycles. The molecule has 0 aromatic rings. The van der Waals surface area contributed by atoms with Gasteiger partial charge in [0, 0.05) is 39.1 Å². The molecular weight excluding hydrogens is 542 g/mol. The van der Waals surface area contributed by atoms with Crippen LogP contribution in [0.3, 0.4) is 0 Å². The second-order valence-corrected chi connectivity index (χ2v) is 10.6. The maximum atomic E-state index is 11.3. The molecule has 0 saturated heterocycles. The number of nitrogens with two attached hydrogens (primary N) is 1.